The van der Waals surface area contributed by atoms with Crippen molar-refractivity contribution in [3.8, 4) is 0 Å². The average Bonchev–Trinajstić information content (AvgIpc) is 3.41. The van der Waals surface area contributed by atoms with Crippen molar-refractivity contribution >= 4 is 11.6 Å². The van der Waals surface area contributed by atoms with Crippen molar-refractivity contribution in [2.24, 2.45) is 7.05 Å². The number of benzene rings is 2. The fourth-order valence-corrected chi connectivity index (χ4v) is 5.15. The lowest BCUT2D eigenvalue weighted by Crippen LogP contribution is -2.28. The number of hydrogen-bond donors (Lipinski definition) is 1. The smallest absolute Gasteiger partial charge is 0.321 e. The van der Waals surface area contributed by atoms with Crippen molar-refractivity contribution in [2.75, 3.05) is 18.0 Å². The summed E-state index contributed by atoms with van der Waals surface area (Å²) in [5, 5.41) is 11.3. The van der Waals surface area contributed by atoms with Crippen molar-refractivity contribution in [3.05, 3.63) is 76.4 Å². The summed E-state index contributed by atoms with van der Waals surface area (Å²) in [6, 6.07) is 10.4. The van der Waals surface area contributed by atoms with E-state index in [1.54, 1.807) is 18.5 Å². The first-order valence-corrected chi connectivity index (χ1v) is 11.9. The molecule has 1 saturated heterocycles. The van der Waals surface area contributed by atoms with Gasteiger partial charge in [-0.15, -0.1) is 10.2 Å². The third kappa shape index (κ3) is 4.57. The SMILES string of the molecule is CC(Cc1nncn1C)c1cccc(N2Cc3c(cc(C4CCCNC4)cc3C(F)(F)F)C2=O)c1. The summed E-state index contributed by atoms with van der Waals surface area (Å²) in [6.07, 6.45) is -0.501. The molecule has 2 aromatic carbocycles. The number of anilines is 1. The molecule has 2 aliphatic rings. The fraction of sp³-hybridized carbons (Fsp3) is 0.423. The lowest BCUT2D eigenvalue weighted by Gasteiger charge is -2.24. The Balaban J connectivity index is 1.46. The molecule has 184 valence electrons. The summed E-state index contributed by atoms with van der Waals surface area (Å²) in [5.41, 5.74) is 1.70. The van der Waals surface area contributed by atoms with Crippen LogP contribution in [0, 0.1) is 0 Å². The molecule has 1 fully saturated rings. The highest BCUT2D eigenvalue weighted by atomic mass is 19.4. The number of hydrogen-bond acceptors (Lipinski definition) is 4. The van der Waals surface area contributed by atoms with Gasteiger partial charge in [0, 0.05) is 31.3 Å². The van der Waals surface area contributed by atoms with E-state index in [0.29, 0.717) is 24.2 Å². The van der Waals surface area contributed by atoms with Crippen LogP contribution in [0.25, 0.3) is 0 Å². The highest BCUT2D eigenvalue weighted by Gasteiger charge is 2.41. The molecule has 6 nitrogen and oxygen atoms in total. The van der Waals surface area contributed by atoms with Crippen LogP contribution in [-0.2, 0) is 26.2 Å². The summed E-state index contributed by atoms with van der Waals surface area (Å²) in [7, 11) is 1.88. The van der Waals surface area contributed by atoms with Gasteiger partial charge in [-0.2, -0.15) is 13.2 Å². The molecular formula is C26H28F3N5O. The predicted octanol–water partition coefficient (Wildman–Crippen LogP) is 4.81. The number of nitrogens with one attached hydrogen (secondary N) is 1. The maximum absolute atomic E-state index is 14.1. The number of carbonyl (C=O) groups is 1. The topological polar surface area (TPSA) is 63.1 Å². The maximum Gasteiger partial charge on any atom is 0.416 e. The van der Waals surface area contributed by atoms with Gasteiger partial charge < -0.3 is 14.8 Å². The van der Waals surface area contributed by atoms with Gasteiger partial charge in [-0.05, 0) is 72.2 Å². The Labute approximate surface area is 202 Å². The number of nitrogens with zero attached hydrogens (tertiary/aromatic N) is 4. The molecule has 3 heterocycles. The second-order valence-electron chi connectivity index (χ2n) is 9.59. The van der Waals surface area contributed by atoms with Crippen LogP contribution in [0.5, 0.6) is 0 Å². The highest BCUT2D eigenvalue weighted by molar-refractivity contribution is 6.10. The molecule has 9 heteroatoms. The second-order valence-corrected chi connectivity index (χ2v) is 9.59. The number of rotatable bonds is 5. The van der Waals surface area contributed by atoms with E-state index < -0.39 is 11.7 Å². The van der Waals surface area contributed by atoms with E-state index in [1.165, 1.54) is 11.0 Å². The molecular weight excluding hydrogens is 455 g/mol. The first kappa shape index (κ1) is 23.5. The van der Waals surface area contributed by atoms with E-state index in [0.717, 1.165) is 30.8 Å². The summed E-state index contributed by atoms with van der Waals surface area (Å²) >= 11 is 0. The minimum Gasteiger partial charge on any atom is -0.321 e. The van der Waals surface area contributed by atoms with Crippen molar-refractivity contribution < 1.29 is 18.0 Å². The highest BCUT2D eigenvalue weighted by Crippen LogP contribution is 2.41. The lowest BCUT2D eigenvalue weighted by atomic mass is 9.87. The first-order valence-electron chi connectivity index (χ1n) is 11.9. The van der Waals surface area contributed by atoms with Gasteiger partial charge in [-0.3, -0.25) is 4.79 Å². The number of fused-ring (bicyclic) bond motifs is 1. The molecule has 0 bridgehead atoms. The molecule has 1 N–H and O–H groups in total. The molecule has 0 spiro atoms. The molecule has 2 atom stereocenters. The third-order valence-corrected chi connectivity index (χ3v) is 7.18. The zero-order valence-electron chi connectivity index (χ0n) is 19.8. The van der Waals surface area contributed by atoms with Crippen molar-refractivity contribution in [3.63, 3.8) is 0 Å². The minimum atomic E-state index is -4.52. The normalized spacial score (nSPS) is 19.2. The number of aromatic nitrogens is 3. The van der Waals surface area contributed by atoms with Gasteiger partial charge in [0.15, 0.2) is 0 Å². The molecule has 35 heavy (non-hydrogen) atoms. The molecule has 3 aromatic rings. The summed E-state index contributed by atoms with van der Waals surface area (Å²) in [5.74, 6) is 0.525. The standard InChI is InChI=1S/C26H28F3N5O/c1-16(9-24-32-31-15-33(24)2)17-5-3-7-20(10-17)34-14-22-21(25(34)35)11-19(12-23(22)26(27,28)29)18-6-4-8-30-13-18/h3,5,7,10-12,15-16,18,30H,4,6,8-9,13-14H2,1-2H3. The van der Waals surface area contributed by atoms with Gasteiger partial charge in [0.1, 0.15) is 12.2 Å². The van der Waals surface area contributed by atoms with Crippen LogP contribution in [0.2, 0.25) is 0 Å². The third-order valence-electron chi connectivity index (χ3n) is 7.18. The van der Waals surface area contributed by atoms with Crippen LogP contribution in [0.4, 0.5) is 18.9 Å². The predicted molar refractivity (Wildman–Crippen MR) is 126 cm³/mol. The Kier molecular flexibility index (Phi) is 6.13. The van der Waals surface area contributed by atoms with Gasteiger partial charge in [0.25, 0.3) is 5.91 Å². The maximum atomic E-state index is 14.1. The first-order chi connectivity index (χ1) is 16.7. The summed E-state index contributed by atoms with van der Waals surface area (Å²) in [4.78, 5) is 14.9. The van der Waals surface area contributed by atoms with E-state index in [2.05, 4.69) is 22.4 Å². The van der Waals surface area contributed by atoms with E-state index in [4.69, 9.17) is 0 Å². The van der Waals surface area contributed by atoms with Crippen LogP contribution < -0.4 is 10.2 Å². The van der Waals surface area contributed by atoms with Gasteiger partial charge >= 0.3 is 6.18 Å². The minimum absolute atomic E-state index is 0.0261. The quantitative estimate of drug-likeness (QED) is 0.566. The number of aryl methyl sites for hydroxylation is 1. The van der Waals surface area contributed by atoms with Crippen LogP contribution >= 0.6 is 0 Å². The summed E-state index contributed by atoms with van der Waals surface area (Å²) in [6.45, 7) is 3.46. The number of carbonyl (C=O) groups excluding carboxylic acids is 1. The number of halogens is 3. The van der Waals surface area contributed by atoms with Crippen molar-refractivity contribution in [1.29, 1.82) is 0 Å². The van der Waals surface area contributed by atoms with E-state index >= 15 is 0 Å². The zero-order chi connectivity index (χ0) is 24.7. The van der Waals surface area contributed by atoms with Gasteiger partial charge in [-0.1, -0.05) is 19.1 Å². The average molecular weight is 484 g/mol. The second kappa shape index (κ2) is 9.11. The van der Waals surface area contributed by atoms with Gasteiger partial charge in [0.05, 0.1) is 12.1 Å². The number of alkyl halides is 3. The van der Waals surface area contributed by atoms with Crippen LogP contribution in [0.1, 0.15) is 70.0 Å². The Morgan fingerprint density at radius 2 is 2.06 bits per heavy atom. The summed E-state index contributed by atoms with van der Waals surface area (Å²) < 4.78 is 44.1. The van der Waals surface area contributed by atoms with Crippen LogP contribution in [0.3, 0.4) is 0 Å². The molecule has 2 unspecified atom stereocenters. The molecule has 1 amide bonds. The Hall–Kier alpha value is -3.20. The fourth-order valence-electron chi connectivity index (χ4n) is 5.15. The van der Waals surface area contributed by atoms with Gasteiger partial charge in [0.2, 0.25) is 0 Å². The Morgan fingerprint density at radius 1 is 1.23 bits per heavy atom. The van der Waals surface area contributed by atoms with Gasteiger partial charge in [-0.25, -0.2) is 0 Å². The largest absolute Gasteiger partial charge is 0.416 e. The van der Waals surface area contributed by atoms with Crippen LogP contribution in [0.15, 0.2) is 42.7 Å². The number of amides is 1. The van der Waals surface area contributed by atoms with Crippen molar-refractivity contribution in [1.82, 2.24) is 20.1 Å². The van der Waals surface area contributed by atoms with E-state index in [1.807, 2.05) is 29.8 Å². The Bertz CT molecular complexity index is 1250. The molecule has 0 saturated carbocycles. The molecule has 2 aliphatic heterocycles. The molecule has 0 aliphatic carbocycles. The van der Waals surface area contributed by atoms with Crippen molar-refractivity contribution in [2.45, 2.75) is 50.7 Å². The van der Waals surface area contributed by atoms with Crippen LogP contribution in [-0.4, -0.2) is 33.8 Å². The van der Waals surface area contributed by atoms with E-state index in [9.17, 15) is 18.0 Å². The zero-order valence-corrected chi connectivity index (χ0v) is 19.8. The molecule has 5 rings (SSSR count). The lowest BCUT2D eigenvalue weighted by molar-refractivity contribution is -0.138. The molecule has 1 aromatic heterocycles. The molecule has 0 radical (unpaired) electrons. The Morgan fingerprint density at radius 3 is 2.74 bits per heavy atom. The monoisotopic (exact) mass is 483 g/mol. The van der Waals surface area contributed by atoms with E-state index in [-0.39, 0.29) is 35.4 Å². The number of piperidine rings is 1.